The number of para-hydroxylation sites is 1. The standard InChI is InChI=1S/C30H21N3O4/c1-18-7-6-10-22(15-18)32(19-8-4-3-5-9-19)20-11-13-21(14-12-20)33-29(36)25-16-23-24(17-26(25)30(33)37)28(35)31(2)27(23)34/h3-17H,1-2H3. The van der Waals surface area contributed by atoms with Crippen molar-refractivity contribution in [2.75, 3.05) is 4.90 Å². The van der Waals surface area contributed by atoms with Gasteiger partial charge in [-0.25, -0.2) is 4.57 Å². The predicted octanol–water partition coefficient (Wildman–Crippen LogP) is 4.22. The summed E-state index contributed by atoms with van der Waals surface area (Å²) in [7, 11) is 1.38. The number of hydrogen-bond donors (Lipinski definition) is 0. The Bertz CT molecular complexity index is 1950. The molecule has 0 fully saturated rings. The van der Waals surface area contributed by atoms with Crippen LogP contribution >= 0.6 is 0 Å². The van der Waals surface area contributed by atoms with Crippen molar-refractivity contribution in [3.05, 3.63) is 138 Å². The predicted molar refractivity (Wildman–Crippen MR) is 147 cm³/mol. The Labute approximate surface area is 210 Å². The largest absolute Gasteiger partial charge is 0.310 e. The molecule has 0 spiro atoms. The average molecular weight is 488 g/mol. The van der Waals surface area contributed by atoms with E-state index >= 15 is 0 Å². The van der Waals surface area contributed by atoms with Gasteiger partial charge in [-0.1, -0.05) is 30.3 Å². The molecule has 0 unspecified atom stereocenters. The third kappa shape index (κ3) is 3.43. The third-order valence-corrected chi connectivity index (χ3v) is 6.74. The van der Waals surface area contributed by atoms with Crippen LogP contribution in [-0.4, -0.2) is 9.13 Å². The van der Waals surface area contributed by atoms with Gasteiger partial charge < -0.3 is 4.90 Å². The Morgan fingerprint density at radius 1 is 0.541 bits per heavy atom. The number of rotatable bonds is 4. The smallest absolute Gasteiger partial charge is 0.266 e. The second-order valence-electron chi connectivity index (χ2n) is 9.08. The number of benzene rings is 4. The van der Waals surface area contributed by atoms with Crippen LogP contribution in [0.15, 0.2) is 110 Å². The Kier molecular flexibility index (Phi) is 5.01. The van der Waals surface area contributed by atoms with E-state index in [-0.39, 0.29) is 21.5 Å². The second-order valence-corrected chi connectivity index (χ2v) is 9.08. The van der Waals surface area contributed by atoms with Crippen LogP contribution in [0.5, 0.6) is 0 Å². The molecule has 0 aliphatic carbocycles. The van der Waals surface area contributed by atoms with Gasteiger partial charge in [0.2, 0.25) is 0 Å². The Balaban J connectivity index is 1.50. The molecule has 0 saturated carbocycles. The molecule has 2 heterocycles. The minimum atomic E-state index is -0.524. The van der Waals surface area contributed by atoms with E-state index in [2.05, 4.69) is 11.0 Å². The molecule has 7 nitrogen and oxygen atoms in total. The fourth-order valence-electron chi connectivity index (χ4n) is 4.87. The van der Waals surface area contributed by atoms with Crippen LogP contribution in [0.25, 0.3) is 27.2 Å². The summed E-state index contributed by atoms with van der Waals surface area (Å²) in [6.45, 7) is 2.03. The van der Waals surface area contributed by atoms with Crippen LogP contribution in [-0.2, 0) is 7.05 Å². The number of aryl methyl sites for hydroxylation is 1. The molecule has 0 N–H and O–H groups in total. The summed E-state index contributed by atoms with van der Waals surface area (Å²) in [4.78, 5) is 53.4. The molecule has 37 heavy (non-hydrogen) atoms. The van der Waals surface area contributed by atoms with Gasteiger partial charge in [0.25, 0.3) is 22.2 Å². The number of nitrogens with zero attached hydrogens (tertiary/aromatic N) is 3. The van der Waals surface area contributed by atoms with Gasteiger partial charge >= 0.3 is 0 Å². The monoisotopic (exact) mass is 487 g/mol. The summed E-state index contributed by atoms with van der Waals surface area (Å²) >= 11 is 0. The molecule has 0 atom stereocenters. The lowest BCUT2D eigenvalue weighted by Gasteiger charge is -2.26. The minimum Gasteiger partial charge on any atom is -0.310 e. The number of hydrogen-bond acceptors (Lipinski definition) is 5. The van der Waals surface area contributed by atoms with Crippen LogP contribution in [0.3, 0.4) is 0 Å². The number of fused-ring (bicyclic) bond motifs is 2. The molecule has 2 aromatic heterocycles. The summed E-state index contributed by atoms with van der Waals surface area (Å²) < 4.78 is 2.07. The van der Waals surface area contributed by atoms with Gasteiger partial charge in [0, 0.05) is 24.1 Å². The lowest BCUT2D eigenvalue weighted by molar-refractivity contribution is 0.856. The van der Waals surface area contributed by atoms with Gasteiger partial charge in [-0.15, -0.1) is 0 Å². The lowest BCUT2D eigenvalue weighted by Crippen LogP contribution is -2.23. The van der Waals surface area contributed by atoms with E-state index in [0.717, 1.165) is 31.8 Å². The first kappa shape index (κ1) is 22.4. The van der Waals surface area contributed by atoms with Crippen LogP contribution in [0.2, 0.25) is 0 Å². The highest BCUT2D eigenvalue weighted by Gasteiger charge is 2.20. The first-order valence-electron chi connectivity index (χ1n) is 11.8. The maximum absolute atomic E-state index is 13.3. The molecule has 0 aliphatic heterocycles. The van der Waals surface area contributed by atoms with Crippen molar-refractivity contribution < 1.29 is 0 Å². The molecular weight excluding hydrogens is 466 g/mol. The molecular formula is C30H21N3O4. The van der Waals surface area contributed by atoms with E-state index < -0.39 is 22.2 Å². The molecule has 180 valence electrons. The summed E-state index contributed by atoms with van der Waals surface area (Å²) in [6.07, 6.45) is 0. The highest BCUT2D eigenvalue weighted by atomic mass is 16.2. The Morgan fingerprint density at radius 3 is 1.62 bits per heavy atom. The van der Waals surface area contributed by atoms with Gasteiger partial charge in [-0.05, 0) is 73.2 Å². The quantitative estimate of drug-likeness (QED) is 0.372. The van der Waals surface area contributed by atoms with Crippen molar-refractivity contribution in [3.8, 4) is 5.69 Å². The number of anilines is 3. The summed E-state index contributed by atoms with van der Waals surface area (Å²) in [6, 6.07) is 27.9. The molecule has 4 aromatic carbocycles. The van der Waals surface area contributed by atoms with Crippen molar-refractivity contribution in [1.82, 2.24) is 9.13 Å². The molecule has 0 amide bonds. The van der Waals surface area contributed by atoms with E-state index in [1.165, 1.54) is 19.2 Å². The summed E-state index contributed by atoms with van der Waals surface area (Å²) in [5, 5.41) is 0.521. The SMILES string of the molecule is Cc1cccc(N(c2ccccc2)c2ccc(-n3c(=O)c4cc5c(=O)n(C)c(=O)c5cc4c3=O)cc2)c1. The molecule has 6 aromatic rings. The molecule has 0 saturated heterocycles. The van der Waals surface area contributed by atoms with Crippen LogP contribution in [0, 0.1) is 6.92 Å². The van der Waals surface area contributed by atoms with Gasteiger partial charge in [-0.3, -0.25) is 23.7 Å². The van der Waals surface area contributed by atoms with E-state index in [1.54, 1.807) is 12.1 Å². The topological polar surface area (TPSA) is 81.4 Å². The molecule has 0 radical (unpaired) electrons. The number of aromatic nitrogens is 2. The van der Waals surface area contributed by atoms with E-state index in [0.29, 0.717) is 5.69 Å². The highest BCUT2D eigenvalue weighted by molar-refractivity contribution is 5.98. The zero-order valence-corrected chi connectivity index (χ0v) is 20.1. The fraction of sp³-hybridized carbons (Fsp3) is 0.0667. The average Bonchev–Trinajstić information content (AvgIpc) is 3.28. The zero-order chi connectivity index (χ0) is 25.8. The molecule has 7 heteroatoms. The van der Waals surface area contributed by atoms with Gasteiger partial charge in [-0.2, -0.15) is 0 Å². The summed E-state index contributed by atoms with van der Waals surface area (Å²) in [5.74, 6) is 0. The van der Waals surface area contributed by atoms with E-state index in [1.807, 2.05) is 67.6 Å². The fourth-order valence-corrected chi connectivity index (χ4v) is 4.87. The maximum Gasteiger partial charge on any atom is 0.266 e. The van der Waals surface area contributed by atoms with Crippen LogP contribution in [0.1, 0.15) is 5.56 Å². The molecule has 6 rings (SSSR count). The van der Waals surface area contributed by atoms with Crippen LogP contribution < -0.4 is 27.1 Å². The Morgan fingerprint density at radius 2 is 1.05 bits per heavy atom. The highest BCUT2D eigenvalue weighted by Crippen LogP contribution is 2.34. The third-order valence-electron chi connectivity index (χ3n) is 6.74. The van der Waals surface area contributed by atoms with E-state index in [4.69, 9.17) is 0 Å². The van der Waals surface area contributed by atoms with Crippen LogP contribution in [0.4, 0.5) is 17.1 Å². The Hall–Kier alpha value is -5.04. The normalized spacial score (nSPS) is 11.4. The van der Waals surface area contributed by atoms with Gasteiger partial charge in [0.1, 0.15) is 0 Å². The first-order valence-corrected chi connectivity index (χ1v) is 11.8. The van der Waals surface area contributed by atoms with Gasteiger partial charge in [0.15, 0.2) is 0 Å². The first-order chi connectivity index (χ1) is 17.8. The van der Waals surface area contributed by atoms with Gasteiger partial charge in [0.05, 0.1) is 27.2 Å². The minimum absolute atomic E-state index is 0.120. The van der Waals surface area contributed by atoms with Crippen molar-refractivity contribution in [3.63, 3.8) is 0 Å². The maximum atomic E-state index is 13.3. The van der Waals surface area contributed by atoms with Crippen molar-refractivity contribution in [2.45, 2.75) is 6.92 Å². The van der Waals surface area contributed by atoms with E-state index in [9.17, 15) is 19.2 Å². The molecule has 0 bridgehead atoms. The second kappa shape index (κ2) is 8.27. The molecule has 0 aliphatic rings. The van der Waals surface area contributed by atoms with Crippen molar-refractivity contribution in [1.29, 1.82) is 0 Å². The zero-order valence-electron chi connectivity index (χ0n) is 20.1. The summed E-state index contributed by atoms with van der Waals surface area (Å²) in [5.41, 5.74) is 2.32. The van der Waals surface area contributed by atoms with Crippen molar-refractivity contribution >= 4 is 38.6 Å². The lowest BCUT2D eigenvalue weighted by atomic mass is 10.1. The van der Waals surface area contributed by atoms with Crippen molar-refractivity contribution in [2.24, 2.45) is 7.05 Å².